The summed E-state index contributed by atoms with van der Waals surface area (Å²) in [4.78, 5) is 0. The third-order valence-electron chi connectivity index (χ3n) is 1.57. The number of nitrogens with one attached hydrogen (secondary N) is 1. The molecule has 0 saturated heterocycles. The van der Waals surface area contributed by atoms with Crippen LogP contribution in [0.15, 0.2) is 12.1 Å². The van der Waals surface area contributed by atoms with E-state index in [0.29, 0.717) is 0 Å². The number of rotatable bonds is 1. The Morgan fingerprint density at radius 2 is 2.08 bits per heavy atom. The van der Waals surface area contributed by atoms with Crippen LogP contribution in [0, 0.1) is 18.6 Å². The monoisotopic (exact) mass is 202 g/mol. The number of hydrogen-bond donors (Lipinski definition) is 2. The first kappa shape index (κ1) is 9.85. The zero-order valence-electron chi connectivity index (χ0n) is 6.90. The van der Waals surface area contributed by atoms with E-state index in [-0.39, 0.29) is 16.4 Å². The Balaban J connectivity index is 3.12. The summed E-state index contributed by atoms with van der Waals surface area (Å²) in [7, 11) is 0. The maximum atomic E-state index is 12.9. The van der Waals surface area contributed by atoms with Crippen LogP contribution in [0.5, 0.6) is 0 Å². The van der Waals surface area contributed by atoms with Gasteiger partial charge in [-0.25, -0.2) is 8.78 Å². The standard InChI is InChI=1S/C8H8F2N2S/c1-4-6(10)2-5(9)3-7(4)12-8(11)13/h2-3H,1H3,(H3,11,12,13). The molecule has 0 atom stereocenters. The van der Waals surface area contributed by atoms with E-state index in [2.05, 4.69) is 17.5 Å². The fourth-order valence-corrected chi connectivity index (χ4v) is 1.02. The second kappa shape index (κ2) is 3.66. The van der Waals surface area contributed by atoms with Gasteiger partial charge in [0, 0.05) is 17.3 Å². The highest BCUT2D eigenvalue weighted by molar-refractivity contribution is 7.80. The number of anilines is 1. The predicted molar refractivity (Wildman–Crippen MR) is 51.5 cm³/mol. The van der Waals surface area contributed by atoms with Crippen LogP contribution in [0.1, 0.15) is 5.56 Å². The van der Waals surface area contributed by atoms with Gasteiger partial charge >= 0.3 is 0 Å². The second-order valence-corrected chi connectivity index (χ2v) is 2.99. The van der Waals surface area contributed by atoms with Crippen molar-refractivity contribution < 1.29 is 8.78 Å². The molecule has 0 spiro atoms. The maximum absolute atomic E-state index is 12.9. The van der Waals surface area contributed by atoms with E-state index in [0.717, 1.165) is 12.1 Å². The average molecular weight is 202 g/mol. The molecule has 0 radical (unpaired) electrons. The van der Waals surface area contributed by atoms with Crippen molar-refractivity contribution in [3.05, 3.63) is 29.3 Å². The summed E-state index contributed by atoms with van der Waals surface area (Å²) in [5.74, 6) is -1.29. The summed E-state index contributed by atoms with van der Waals surface area (Å²) in [6.45, 7) is 1.51. The van der Waals surface area contributed by atoms with Crippen molar-refractivity contribution in [1.29, 1.82) is 0 Å². The van der Waals surface area contributed by atoms with E-state index in [1.807, 2.05) is 0 Å². The number of thiocarbonyl (C=S) groups is 1. The van der Waals surface area contributed by atoms with E-state index in [4.69, 9.17) is 5.73 Å². The van der Waals surface area contributed by atoms with Gasteiger partial charge in [-0.2, -0.15) is 0 Å². The van der Waals surface area contributed by atoms with Crippen LogP contribution in [0.3, 0.4) is 0 Å². The van der Waals surface area contributed by atoms with Crippen molar-refractivity contribution in [1.82, 2.24) is 0 Å². The van der Waals surface area contributed by atoms with Crippen LogP contribution in [0.4, 0.5) is 14.5 Å². The number of halogens is 2. The molecule has 0 unspecified atom stereocenters. The largest absolute Gasteiger partial charge is 0.376 e. The van der Waals surface area contributed by atoms with Crippen LogP contribution in [-0.4, -0.2) is 5.11 Å². The molecule has 0 saturated carbocycles. The van der Waals surface area contributed by atoms with Gasteiger partial charge < -0.3 is 11.1 Å². The molecule has 0 aliphatic heterocycles. The summed E-state index contributed by atoms with van der Waals surface area (Å²) in [5.41, 5.74) is 5.71. The van der Waals surface area contributed by atoms with E-state index in [1.165, 1.54) is 6.92 Å². The van der Waals surface area contributed by atoms with Gasteiger partial charge in [-0.05, 0) is 25.2 Å². The minimum absolute atomic E-state index is 0.0203. The highest BCUT2D eigenvalue weighted by Crippen LogP contribution is 2.19. The molecule has 5 heteroatoms. The summed E-state index contributed by atoms with van der Waals surface area (Å²) >= 11 is 4.55. The van der Waals surface area contributed by atoms with Crippen LogP contribution >= 0.6 is 12.2 Å². The van der Waals surface area contributed by atoms with Crippen molar-refractivity contribution in [2.75, 3.05) is 5.32 Å². The highest BCUT2D eigenvalue weighted by Gasteiger charge is 2.06. The van der Waals surface area contributed by atoms with Gasteiger partial charge in [0.05, 0.1) is 0 Å². The molecular formula is C8H8F2N2S. The van der Waals surface area contributed by atoms with Gasteiger partial charge in [0.1, 0.15) is 11.6 Å². The number of benzene rings is 1. The fourth-order valence-electron chi connectivity index (χ4n) is 0.908. The van der Waals surface area contributed by atoms with Gasteiger partial charge in [-0.1, -0.05) is 0 Å². The van der Waals surface area contributed by atoms with E-state index >= 15 is 0 Å². The lowest BCUT2D eigenvalue weighted by molar-refractivity contribution is 0.579. The molecule has 13 heavy (non-hydrogen) atoms. The zero-order valence-corrected chi connectivity index (χ0v) is 7.71. The number of nitrogens with two attached hydrogens (primary N) is 1. The lowest BCUT2D eigenvalue weighted by Gasteiger charge is -2.08. The normalized spacial score (nSPS) is 9.77. The van der Waals surface area contributed by atoms with Gasteiger partial charge in [0.25, 0.3) is 0 Å². The number of hydrogen-bond acceptors (Lipinski definition) is 1. The molecule has 1 rings (SSSR count). The second-order valence-electron chi connectivity index (χ2n) is 2.55. The van der Waals surface area contributed by atoms with Crippen LogP contribution in [0.2, 0.25) is 0 Å². The van der Waals surface area contributed by atoms with Crippen LogP contribution < -0.4 is 11.1 Å². The summed E-state index contributed by atoms with van der Waals surface area (Å²) < 4.78 is 25.6. The van der Waals surface area contributed by atoms with Crippen molar-refractivity contribution in [3.63, 3.8) is 0 Å². The predicted octanol–water partition coefficient (Wildman–Crippen LogP) is 1.93. The molecule has 0 bridgehead atoms. The van der Waals surface area contributed by atoms with Crippen LogP contribution in [0.25, 0.3) is 0 Å². The maximum Gasteiger partial charge on any atom is 0.168 e. The Bertz CT molecular complexity index is 352. The average Bonchev–Trinajstić information content (AvgIpc) is 1.98. The molecular weight excluding hydrogens is 194 g/mol. The highest BCUT2D eigenvalue weighted by atomic mass is 32.1. The molecule has 0 aliphatic rings. The Hall–Kier alpha value is -1.23. The van der Waals surface area contributed by atoms with Gasteiger partial charge in [0.2, 0.25) is 0 Å². The van der Waals surface area contributed by atoms with Gasteiger partial charge in [-0.3, -0.25) is 0 Å². The summed E-state index contributed by atoms with van der Waals surface area (Å²) in [5, 5.41) is 2.46. The van der Waals surface area contributed by atoms with E-state index in [1.54, 1.807) is 0 Å². The first-order chi connectivity index (χ1) is 6.00. The lowest BCUT2D eigenvalue weighted by Crippen LogP contribution is -2.19. The van der Waals surface area contributed by atoms with Crippen molar-refractivity contribution in [2.24, 2.45) is 5.73 Å². The summed E-state index contributed by atoms with van der Waals surface area (Å²) in [6, 6.07) is 1.94. The molecule has 1 aromatic rings. The van der Waals surface area contributed by atoms with Gasteiger partial charge in [-0.15, -0.1) is 0 Å². The topological polar surface area (TPSA) is 38.0 Å². The Morgan fingerprint density at radius 1 is 1.46 bits per heavy atom. The smallest absolute Gasteiger partial charge is 0.168 e. The molecule has 2 nitrogen and oxygen atoms in total. The molecule has 0 aromatic heterocycles. The van der Waals surface area contributed by atoms with Crippen molar-refractivity contribution in [3.8, 4) is 0 Å². The fraction of sp³-hybridized carbons (Fsp3) is 0.125. The minimum Gasteiger partial charge on any atom is -0.376 e. The molecule has 70 valence electrons. The third-order valence-corrected chi connectivity index (χ3v) is 1.67. The van der Waals surface area contributed by atoms with E-state index < -0.39 is 11.6 Å². The Labute approximate surface area is 79.7 Å². The Kier molecular flexibility index (Phi) is 2.77. The molecule has 1 aromatic carbocycles. The molecule has 0 aliphatic carbocycles. The SMILES string of the molecule is Cc1c(F)cc(F)cc1NC(N)=S. The first-order valence-corrected chi connectivity index (χ1v) is 3.93. The molecule has 0 heterocycles. The first-order valence-electron chi connectivity index (χ1n) is 3.53. The zero-order chi connectivity index (χ0) is 10.0. The van der Waals surface area contributed by atoms with E-state index in [9.17, 15) is 8.78 Å². The van der Waals surface area contributed by atoms with Gasteiger partial charge in [0.15, 0.2) is 5.11 Å². The Morgan fingerprint density at radius 3 is 2.62 bits per heavy atom. The third kappa shape index (κ3) is 2.35. The quantitative estimate of drug-likeness (QED) is 0.683. The van der Waals surface area contributed by atoms with Crippen LogP contribution in [-0.2, 0) is 0 Å². The lowest BCUT2D eigenvalue weighted by atomic mass is 10.2. The minimum atomic E-state index is -0.665. The molecule has 0 amide bonds. The molecule has 0 fully saturated rings. The van der Waals surface area contributed by atoms with Crippen molar-refractivity contribution in [2.45, 2.75) is 6.92 Å². The summed E-state index contributed by atoms with van der Waals surface area (Å²) in [6.07, 6.45) is 0. The molecule has 3 N–H and O–H groups in total. The van der Waals surface area contributed by atoms with Crippen molar-refractivity contribution >= 4 is 23.0 Å².